The summed E-state index contributed by atoms with van der Waals surface area (Å²) in [4.78, 5) is 34.4. The number of carbonyl (C=O) groups is 2. The van der Waals surface area contributed by atoms with Crippen molar-refractivity contribution >= 4 is 17.9 Å². The molecule has 7 heteroatoms. The van der Waals surface area contributed by atoms with Crippen LogP contribution in [0.15, 0.2) is 18.2 Å². The van der Waals surface area contributed by atoms with Crippen LogP contribution in [0.1, 0.15) is 23.2 Å². The molecule has 100 valence electrons. The lowest BCUT2D eigenvalue weighted by Gasteiger charge is -2.20. The zero-order valence-corrected chi connectivity index (χ0v) is 9.91. The van der Waals surface area contributed by atoms with Gasteiger partial charge in [0.1, 0.15) is 17.7 Å². The monoisotopic (exact) mass is 266 g/mol. The van der Waals surface area contributed by atoms with Gasteiger partial charge in [-0.25, -0.2) is 4.39 Å². The number of likely N-dealkylation sites (tertiary alicyclic amines) is 1. The Labute approximate surface area is 108 Å². The van der Waals surface area contributed by atoms with E-state index >= 15 is 0 Å². The van der Waals surface area contributed by atoms with Gasteiger partial charge in [0.2, 0.25) is 0 Å². The van der Waals surface area contributed by atoms with Gasteiger partial charge in [0.25, 0.3) is 11.6 Å². The highest BCUT2D eigenvalue weighted by Gasteiger charge is 2.32. The van der Waals surface area contributed by atoms with E-state index in [1.54, 1.807) is 0 Å². The summed E-state index contributed by atoms with van der Waals surface area (Å²) in [5, 5.41) is 10.8. The third-order valence-corrected chi connectivity index (χ3v) is 3.10. The van der Waals surface area contributed by atoms with Crippen LogP contribution in [-0.4, -0.2) is 34.6 Å². The third-order valence-electron chi connectivity index (χ3n) is 3.10. The van der Waals surface area contributed by atoms with Crippen molar-refractivity contribution in [3.63, 3.8) is 0 Å². The molecule has 1 fully saturated rings. The molecule has 6 nitrogen and oxygen atoms in total. The number of carbonyl (C=O) groups excluding carboxylic acids is 2. The Morgan fingerprint density at radius 2 is 2.26 bits per heavy atom. The molecular weight excluding hydrogens is 255 g/mol. The Morgan fingerprint density at radius 1 is 1.53 bits per heavy atom. The zero-order chi connectivity index (χ0) is 14.0. The molecule has 1 amide bonds. The predicted molar refractivity (Wildman–Crippen MR) is 63.2 cm³/mol. The number of nitro groups is 1. The number of hydrogen-bond acceptors (Lipinski definition) is 4. The number of amides is 1. The highest BCUT2D eigenvalue weighted by Crippen LogP contribution is 2.25. The molecule has 0 aromatic heterocycles. The summed E-state index contributed by atoms with van der Waals surface area (Å²) >= 11 is 0. The molecule has 1 atom stereocenters. The van der Waals surface area contributed by atoms with Crippen molar-refractivity contribution in [2.24, 2.45) is 0 Å². The molecule has 0 aliphatic carbocycles. The van der Waals surface area contributed by atoms with Crippen molar-refractivity contribution in [1.29, 1.82) is 0 Å². The van der Waals surface area contributed by atoms with E-state index in [-0.39, 0.29) is 5.56 Å². The van der Waals surface area contributed by atoms with Crippen molar-refractivity contribution in [2.75, 3.05) is 6.54 Å². The summed E-state index contributed by atoms with van der Waals surface area (Å²) < 4.78 is 13.2. The standard InChI is InChI=1S/C12H11FN2O4/c13-8-3-4-11(15(18)19)10(6-8)12(17)14-5-1-2-9(14)7-16/h3-4,6-7,9H,1-2,5H2/t9-/m0/s1. The third kappa shape index (κ3) is 2.44. The molecule has 1 aliphatic heterocycles. The molecule has 0 unspecified atom stereocenters. The number of hydrogen-bond donors (Lipinski definition) is 0. The fourth-order valence-electron chi connectivity index (χ4n) is 2.18. The molecule has 0 bridgehead atoms. The van der Waals surface area contributed by atoms with E-state index in [1.807, 2.05) is 0 Å². The van der Waals surface area contributed by atoms with Crippen LogP contribution in [0.25, 0.3) is 0 Å². The van der Waals surface area contributed by atoms with E-state index in [9.17, 15) is 24.1 Å². The molecular formula is C12H11FN2O4. The average Bonchev–Trinajstić information content (AvgIpc) is 2.85. The smallest absolute Gasteiger partial charge is 0.282 e. The summed E-state index contributed by atoms with van der Waals surface area (Å²) in [6, 6.07) is 2.13. The second kappa shape index (κ2) is 5.13. The van der Waals surface area contributed by atoms with Crippen LogP contribution in [-0.2, 0) is 4.79 Å². The van der Waals surface area contributed by atoms with E-state index in [1.165, 1.54) is 4.90 Å². The van der Waals surface area contributed by atoms with Gasteiger partial charge in [-0.1, -0.05) is 0 Å². The van der Waals surface area contributed by atoms with Crippen molar-refractivity contribution in [3.05, 3.63) is 39.7 Å². The maximum absolute atomic E-state index is 13.2. The first-order chi connectivity index (χ1) is 9.04. The fourth-order valence-corrected chi connectivity index (χ4v) is 2.18. The number of benzene rings is 1. The Morgan fingerprint density at radius 3 is 2.89 bits per heavy atom. The first kappa shape index (κ1) is 13.1. The van der Waals surface area contributed by atoms with E-state index in [0.717, 1.165) is 18.2 Å². The van der Waals surface area contributed by atoms with Crippen LogP contribution in [0.2, 0.25) is 0 Å². The zero-order valence-electron chi connectivity index (χ0n) is 9.91. The van der Waals surface area contributed by atoms with Gasteiger partial charge in [-0.15, -0.1) is 0 Å². The fraction of sp³-hybridized carbons (Fsp3) is 0.333. The minimum Gasteiger partial charge on any atom is -0.329 e. The Kier molecular flexibility index (Phi) is 3.55. The number of aldehydes is 1. The first-order valence-corrected chi connectivity index (χ1v) is 5.75. The summed E-state index contributed by atoms with van der Waals surface area (Å²) in [7, 11) is 0. The van der Waals surface area contributed by atoms with Crippen LogP contribution in [0.3, 0.4) is 0 Å². The van der Waals surface area contributed by atoms with E-state index in [2.05, 4.69) is 0 Å². The van der Waals surface area contributed by atoms with Gasteiger partial charge in [0.05, 0.1) is 11.0 Å². The number of rotatable bonds is 3. The lowest BCUT2D eigenvalue weighted by atomic mass is 10.1. The lowest BCUT2D eigenvalue weighted by molar-refractivity contribution is -0.385. The Bertz CT molecular complexity index is 547. The van der Waals surface area contributed by atoms with Crippen LogP contribution < -0.4 is 0 Å². The predicted octanol–water partition coefficient (Wildman–Crippen LogP) is 1.54. The van der Waals surface area contributed by atoms with Crippen molar-refractivity contribution in [1.82, 2.24) is 4.90 Å². The highest BCUT2D eigenvalue weighted by atomic mass is 19.1. The van der Waals surface area contributed by atoms with Gasteiger partial charge in [0, 0.05) is 12.6 Å². The number of halogens is 1. The van der Waals surface area contributed by atoms with E-state index < -0.39 is 28.4 Å². The number of nitro benzene ring substituents is 1. The largest absolute Gasteiger partial charge is 0.329 e. The van der Waals surface area contributed by atoms with E-state index in [4.69, 9.17) is 0 Å². The second-order valence-corrected chi connectivity index (χ2v) is 4.26. The lowest BCUT2D eigenvalue weighted by Crippen LogP contribution is -2.36. The van der Waals surface area contributed by atoms with Gasteiger partial charge >= 0.3 is 0 Å². The SMILES string of the molecule is O=C[C@@H]1CCCN1C(=O)c1cc(F)ccc1[N+](=O)[O-]. The maximum atomic E-state index is 13.2. The molecule has 19 heavy (non-hydrogen) atoms. The summed E-state index contributed by atoms with van der Waals surface area (Å²) in [6.07, 6.45) is 1.81. The Hall–Kier alpha value is -2.31. The van der Waals surface area contributed by atoms with Crippen LogP contribution >= 0.6 is 0 Å². The summed E-state index contributed by atoms with van der Waals surface area (Å²) in [5.74, 6) is -1.41. The average molecular weight is 266 g/mol. The van der Waals surface area contributed by atoms with Crippen molar-refractivity contribution in [3.8, 4) is 0 Å². The van der Waals surface area contributed by atoms with E-state index in [0.29, 0.717) is 25.7 Å². The molecule has 0 spiro atoms. The van der Waals surface area contributed by atoms with Crippen LogP contribution in [0, 0.1) is 15.9 Å². The van der Waals surface area contributed by atoms with Crippen molar-refractivity contribution < 1.29 is 18.9 Å². The molecule has 1 saturated heterocycles. The Balaban J connectivity index is 2.40. The summed E-state index contributed by atoms with van der Waals surface area (Å²) in [5.41, 5.74) is -0.776. The minimum atomic E-state index is -0.737. The molecule has 1 heterocycles. The minimum absolute atomic E-state index is 0.321. The van der Waals surface area contributed by atoms with Gasteiger partial charge in [-0.2, -0.15) is 0 Å². The molecule has 0 N–H and O–H groups in total. The highest BCUT2D eigenvalue weighted by molar-refractivity contribution is 5.99. The van der Waals surface area contributed by atoms with Gasteiger partial charge < -0.3 is 9.69 Å². The van der Waals surface area contributed by atoms with Crippen LogP contribution in [0.5, 0.6) is 0 Å². The number of nitrogens with zero attached hydrogens (tertiary/aromatic N) is 2. The topological polar surface area (TPSA) is 80.5 Å². The van der Waals surface area contributed by atoms with Crippen molar-refractivity contribution in [2.45, 2.75) is 18.9 Å². The van der Waals surface area contributed by atoms with Gasteiger partial charge in [0.15, 0.2) is 0 Å². The second-order valence-electron chi connectivity index (χ2n) is 4.26. The molecule has 0 saturated carbocycles. The molecule has 0 radical (unpaired) electrons. The molecule has 2 rings (SSSR count). The normalized spacial score (nSPS) is 18.4. The maximum Gasteiger partial charge on any atom is 0.282 e. The molecule has 1 aromatic rings. The molecule has 1 aliphatic rings. The first-order valence-electron chi connectivity index (χ1n) is 5.75. The summed E-state index contributed by atoms with van der Waals surface area (Å²) in [6.45, 7) is 0.343. The quantitative estimate of drug-likeness (QED) is 0.472. The van der Waals surface area contributed by atoms with Crippen LogP contribution in [0.4, 0.5) is 10.1 Å². The molecule has 1 aromatic carbocycles. The van der Waals surface area contributed by atoms with Gasteiger partial charge in [-0.3, -0.25) is 14.9 Å². The van der Waals surface area contributed by atoms with Gasteiger partial charge in [-0.05, 0) is 25.0 Å².